The van der Waals surface area contributed by atoms with Gasteiger partial charge in [0.05, 0.1) is 0 Å². The van der Waals surface area contributed by atoms with Crippen molar-refractivity contribution in [2.75, 3.05) is 13.1 Å². The van der Waals surface area contributed by atoms with E-state index in [-0.39, 0.29) is 0 Å². The Kier molecular flexibility index (Phi) is 3.62. The number of rotatable bonds is 5. The Labute approximate surface area is 91.3 Å². The minimum atomic E-state index is 0.348. The zero-order chi connectivity index (χ0) is 10.5. The first kappa shape index (κ1) is 10.5. The number of hydrogen-bond donors (Lipinski definition) is 2. The van der Waals surface area contributed by atoms with Crippen molar-refractivity contribution in [3.63, 3.8) is 0 Å². The minimum absolute atomic E-state index is 0.348. The first-order chi connectivity index (χ1) is 7.34. The Morgan fingerprint density at radius 2 is 1.93 bits per heavy atom. The molecule has 15 heavy (non-hydrogen) atoms. The largest absolute Gasteiger partial charge is 0.508 e. The van der Waals surface area contributed by atoms with Gasteiger partial charge in [-0.25, -0.2) is 0 Å². The van der Waals surface area contributed by atoms with E-state index in [4.69, 9.17) is 5.11 Å². The Morgan fingerprint density at radius 3 is 2.53 bits per heavy atom. The third-order valence-corrected chi connectivity index (χ3v) is 3.18. The van der Waals surface area contributed by atoms with Crippen LogP contribution in [0.3, 0.4) is 0 Å². The van der Waals surface area contributed by atoms with Gasteiger partial charge < -0.3 is 10.4 Å². The monoisotopic (exact) mass is 205 g/mol. The van der Waals surface area contributed by atoms with Crippen LogP contribution < -0.4 is 5.32 Å². The molecule has 0 amide bonds. The third kappa shape index (κ3) is 3.24. The van der Waals surface area contributed by atoms with Gasteiger partial charge in [0.15, 0.2) is 0 Å². The van der Waals surface area contributed by atoms with E-state index in [1.54, 1.807) is 12.1 Å². The Hall–Kier alpha value is -1.02. The van der Waals surface area contributed by atoms with Crippen molar-refractivity contribution in [2.45, 2.75) is 25.7 Å². The zero-order valence-electron chi connectivity index (χ0n) is 9.08. The maximum Gasteiger partial charge on any atom is 0.115 e. The lowest BCUT2D eigenvalue weighted by molar-refractivity contribution is 0.303. The average molecular weight is 205 g/mol. The van der Waals surface area contributed by atoms with Gasteiger partial charge in [0.2, 0.25) is 0 Å². The van der Waals surface area contributed by atoms with Crippen LogP contribution in [0, 0.1) is 5.92 Å². The quantitative estimate of drug-likeness (QED) is 0.723. The summed E-state index contributed by atoms with van der Waals surface area (Å²) in [5, 5.41) is 12.6. The van der Waals surface area contributed by atoms with E-state index in [1.165, 1.54) is 31.4 Å². The van der Waals surface area contributed by atoms with Crippen molar-refractivity contribution in [1.82, 2.24) is 5.32 Å². The summed E-state index contributed by atoms with van der Waals surface area (Å²) in [5.41, 5.74) is 1.29. The predicted octanol–water partition coefficient (Wildman–Crippen LogP) is 2.32. The number of phenols is 1. The van der Waals surface area contributed by atoms with Crippen LogP contribution in [-0.2, 0) is 6.42 Å². The van der Waals surface area contributed by atoms with E-state index in [0.717, 1.165) is 18.9 Å². The molecule has 0 unspecified atom stereocenters. The molecule has 2 N–H and O–H groups in total. The van der Waals surface area contributed by atoms with Crippen molar-refractivity contribution in [3.05, 3.63) is 29.8 Å². The highest BCUT2D eigenvalue weighted by atomic mass is 16.3. The molecule has 1 aromatic rings. The van der Waals surface area contributed by atoms with Gasteiger partial charge >= 0.3 is 0 Å². The van der Waals surface area contributed by atoms with Gasteiger partial charge in [-0.2, -0.15) is 0 Å². The van der Waals surface area contributed by atoms with Crippen molar-refractivity contribution < 1.29 is 5.11 Å². The number of hydrogen-bond acceptors (Lipinski definition) is 2. The van der Waals surface area contributed by atoms with Crippen LogP contribution in [0.2, 0.25) is 0 Å². The minimum Gasteiger partial charge on any atom is -0.508 e. The van der Waals surface area contributed by atoms with E-state index < -0.39 is 0 Å². The zero-order valence-corrected chi connectivity index (χ0v) is 9.08. The van der Waals surface area contributed by atoms with Crippen molar-refractivity contribution in [3.8, 4) is 5.75 Å². The molecule has 1 aromatic carbocycles. The maximum absolute atomic E-state index is 9.12. The van der Waals surface area contributed by atoms with E-state index in [9.17, 15) is 0 Å². The second kappa shape index (κ2) is 5.17. The van der Waals surface area contributed by atoms with E-state index in [2.05, 4.69) is 5.32 Å². The molecule has 0 bridgehead atoms. The van der Waals surface area contributed by atoms with Crippen LogP contribution in [0.5, 0.6) is 5.75 Å². The molecule has 1 fully saturated rings. The molecule has 0 aliphatic heterocycles. The SMILES string of the molecule is Oc1ccc(CCNCC2CCC2)cc1. The van der Waals surface area contributed by atoms with Gasteiger partial charge in [0.25, 0.3) is 0 Å². The van der Waals surface area contributed by atoms with Crippen molar-refractivity contribution >= 4 is 0 Å². The molecule has 0 aromatic heterocycles. The van der Waals surface area contributed by atoms with E-state index >= 15 is 0 Å². The molecular formula is C13H19NO. The molecule has 0 saturated heterocycles. The normalized spacial score (nSPS) is 16.3. The van der Waals surface area contributed by atoms with Gasteiger partial charge in [-0.3, -0.25) is 0 Å². The summed E-state index contributed by atoms with van der Waals surface area (Å²) in [7, 11) is 0. The highest BCUT2D eigenvalue weighted by molar-refractivity contribution is 5.25. The molecule has 0 radical (unpaired) electrons. The van der Waals surface area contributed by atoms with Crippen LogP contribution in [-0.4, -0.2) is 18.2 Å². The fourth-order valence-corrected chi connectivity index (χ4v) is 1.90. The predicted molar refractivity (Wildman–Crippen MR) is 62.0 cm³/mol. The molecule has 0 heterocycles. The molecule has 1 aliphatic carbocycles. The topological polar surface area (TPSA) is 32.3 Å². The second-order valence-electron chi connectivity index (χ2n) is 4.42. The summed E-state index contributed by atoms with van der Waals surface area (Å²) in [4.78, 5) is 0. The van der Waals surface area contributed by atoms with Crippen LogP contribution in [0.25, 0.3) is 0 Å². The van der Waals surface area contributed by atoms with Crippen molar-refractivity contribution in [2.24, 2.45) is 5.92 Å². The van der Waals surface area contributed by atoms with Crippen LogP contribution >= 0.6 is 0 Å². The van der Waals surface area contributed by atoms with Gasteiger partial charge in [0.1, 0.15) is 5.75 Å². The number of benzene rings is 1. The summed E-state index contributed by atoms with van der Waals surface area (Å²) in [5.74, 6) is 1.28. The maximum atomic E-state index is 9.12. The number of phenolic OH excluding ortho intramolecular Hbond substituents is 1. The molecule has 1 aliphatic rings. The summed E-state index contributed by atoms with van der Waals surface area (Å²) < 4.78 is 0. The average Bonchev–Trinajstić information content (AvgIpc) is 2.18. The molecule has 0 spiro atoms. The Morgan fingerprint density at radius 1 is 1.20 bits per heavy atom. The Bertz CT molecular complexity index is 290. The van der Waals surface area contributed by atoms with Gasteiger partial charge in [-0.1, -0.05) is 18.6 Å². The third-order valence-electron chi connectivity index (χ3n) is 3.18. The second-order valence-corrected chi connectivity index (χ2v) is 4.42. The highest BCUT2D eigenvalue weighted by Gasteiger charge is 2.15. The molecular weight excluding hydrogens is 186 g/mol. The molecule has 82 valence electrons. The molecule has 1 saturated carbocycles. The lowest BCUT2D eigenvalue weighted by Crippen LogP contribution is -2.28. The van der Waals surface area contributed by atoms with Crippen LogP contribution in [0.4, 0.5) is 0 Å². The lowest BCUT2D eigenvalue weighted by atomic mass is 9.85. The highest BCUT2D eigenvalue weighted by Crippen LogP contribution is 2.25. The van der Waals surface area contributed by atoms with Gasteiger partial charge in [0, 0.05) is 0 Å². The summed E-state index contributed by atoms with van der Waals surface area (Å²) in [6.07, 6.45) is 5.29. The molecule has 2 nitrogen and oxygen atoms in total. The number of aromatic hydroxyl groups is 1. The van der Waals surface area contributed by atoms with Crippen LogP contribution in [0.15, 0.2) is 24.3 Å². The van der Waals surface area contributed by atoms with Gasteiger partial charge in [-0.05, 0) is 56.0 Å². The molecule has 2 rings (SSSR count). The molecule has 0 atom stereocenters. The fraction of sp³-hybridized carbons (Fsp3) is 0.538. The van der Waals surface area contributed by atoms with Crippen LogP contribution in [0.1, 0.15) is 24.8 Å². The van der Waals surface area contributed by atoms with Gasteiger partial charge in [-0.15, -0.1) is 0 Å². The van der Waals surface area contributed by atoms with Crippen molar-refractivity contribution in [1.29, 1.82) is 0 Å². The summed E-state index contributed by atoms with van der Waals surface area (Å²) >= 11 is 0. The molecule has 2 heteroatoms. The number of nitrogens with one attached hydrogen (secondary N) is 1. The summed E-state index contributed by atoms with van der Waals surface area (Å²) in [6.45, 7) is 2.22. The first-order valence-corrected chi connectivity index (χ1v) is 5.83. The van der Waals surface area contributed by atoms with E-state index in [0.29, 0.717) is 5.75 Å². The smallest absolute Gasteiger partial charge is 0.115 e. The summed E-state index contributed by atoms with van der Waals surface area (Å²) in [6, 6.07) is 7.48. The first-order valence-electron chi connectivity index (χ1n) is 5.83. The Balaban J connectivity index is 1.62. The van der Waals surface area contributed by atoms with E-state index in [1.807, 2.05) is 12.1 Å². The lowest BCUT2D eigenvalue weighted by Gasteiger charge is -2.25. The fourth-order valence-electron chi connectivity index (χ4n) is 1.90. The standard InChI is InChI=1S/C13H19NO/c15-13-6-4-11(5-7-13)8-9-14-10-12-2-1-3-12/h4-7,12,14-15H,1-3,8-10H2.